The molecule has 0 aromatic rings. The molecule has 1 N–H and O–H groups in total. The van der Waals surface area contributed by atoms with Gasteiger partial charge in [0.2, 0.25) is 0 Å². The lowest BCUT2D eigenvalue weighted by atomic mass is 9.95. The smallest absolute Gasteiger partial charge is 0.303 e. The molecule has 1 atom stereocenters. The van der Waals surface area contributed by atoms with Crippen molar-refractivity contribution in [1.29, 1.82) is 0 Å². The van der Waals surface area contributed by atoms with Gasteiger partial charge >= 0.3 is 5.97 Å². The van der Waals surface area contributed by atoms with Crippen LogP contribution in [0, 0.1) is 5.92 Å². The number of likely N-dealkylation sites (tertiary alicyclic amines) is 1. The molecule has 0 bridgehead atoms. The van der Waals surface area contributed by atoms with Gasteiger partial charge in [-0.25, -0.2) is 0 Å². The summed E-state index contributed by atoms with van der Waals surface area (Å²) >= 11 is 0. The van der Waals surface area contributed by atoms with E-state index in [1.54, 1.807) is 0 Å². The van der Waals surface area contributed by atoms with E-state index in [4.69, 9.17) is 5.11 Å². The van der Waals surface area contributed by atoms with E-state index in [2.05, 4.69) is 24.8 Å². The second-order valence-electron chi connectivity index (χ2n) is 4.65. The molecule has 0 spiro atoms. The first-order valence-corrected chi connectivity index (χ1v) is 5.65. The van der Waals surface area contributed by atoms with Crippen LogP contribution < -0.4 is 0 Å². The fraction of sp³-hybridized carbons (Fsp3) is 0.750. The number of rotatable bonds is 4. The van der Waals surface area contributed by atoms with E-state index in [1.165, 1.54) is 5.57 Å². The molecular weight excluding hydrogens is 190 g/mol. The Morgan fingerprint density at radius 2 is 2.27 bits per heavy atom. The standard InChI is InChI=1S/C12H21NO2/c1-10(2)5-7-13-6-3-4-11(9-13)8-12(14)15/h5,11H,3-4,6-9H2,1-2H3,(H,14,15). The van der Waals surface area contributed by atoms with Crippen molar-refractivity contribution in [2.24, 2.45) is 5.92 Å². The van der Waals surface area contributed by atoms with Crippen molar-refractivity contribution in [1.82, 2.24) is 4.90 Å². The molecule has 1 heterocycles. The summed E-state index contributed by atoms with van der Waals surface area (Å²) in [5.74, 6) is -0.314. The van der Waals surface area contributed by atoms with Gasteiger partial charge in [0.15, 0.2) is 0 Å². The first-order chi connectivity index (χ1) is 7.08. The molecule has 0 amide bonds. The van der Waals surface area contributed by atoms with Gasteiger partial charge in [-0.15, -0.1) is 0 Å². The molecule has 0 aromatic carbocycles. The van der Waals surface area contributed by atoms with E-state index in [0.717, 1.165) is 32.5 Å². The fourth-order valence-corrected chi connectivity index (χ4v) is 2.04. The summed E-state index contributed by atoms with van der Waals surface area (Å²) in [5, 5.41) is 8.74. The number of nitrogens with zero attached hydrogens (tertiary/aromatic N) is 1. The Hall–Kier alpha value is -0.830. The second-order valence-corrected chi connectivity index (χ2v) is 4.65. The number of carboxylic acids is 1. The average molecular weight is 211 g/mol. The lowest BCUT2D eigenvalue weighted by Crippen LogP contribution is -2.36. The first-order valence-electron chi connectivity index (χ1n) is 5.65. The van der Waals surface area contributed by atoms with Gasteiger partial charge in [0.05, 0.1) is 0 Å². The molecule has 1 aliphatic heterocycles. The number of carboxylic acid groups (broad SMARTS) is 1. The van der Waals surface area contributed by atoms with Crippen molar-refractivity contribution in [3.05, 3.63) is 11.6 Å². The van der Waals surface area contributed by atoms with Gasteiger partial charge in [-0.3, -0.25) is 9.69 Å². The van der Waals surface area contributed by atoms with Crippen molar-refractivity contribution in [3.8, 4) is 0 Å². The van der Waals surface area contributed by atoms with Gasteiger partial charge < -0.3 is 5.11 Å². The Balaban J connectivity index is 2.35. The number of aliphatic carboxylic acids is 1. The highest BCUT2D eigenvalue weighted by Crippen LogP contribution is 2.19. The summed E-state index contributed by atoms with van der Waals surface area (Å²) in [5.41, 5.74) is 1.33. The molecule has 1 unspecified atom stereocenters. The zero-order chi connectivity index (χ0) is 11.3. The minimum Gasteiger partial charge on any atom is -0.481 e. The van der Waals surface area contributed by atoms with Gasteiger partial charge in [0.25, 0.3) is 0 Å². The average Bonchev–Trinajstić information content (AvgIpc) is 2.14. The summed E-state index contributed by atoms with van der Waals surface area (Å²) in [7, 11) is 0. The first kappa shape index (κ1) is 12.2. The summed E-state index contributed by atoms with van der Waals surface area (Å²) in [6, 6.07) is 0. The summed E-state index contributed by atoms with van der Waals surface area (Å²) in [4.78, 5) is 13.0. The van der Waals surface area contributed by atoms with E-state index in [9.17, 15) is 4.79 Å². The number of hydrogen-bond donors (Lipinski definition) is 1. The Bertz CT molecular complexity index is 244. The number of piperidine rings is 1. The predicted molar refractivity (Wildman–Crippen MR) is 60.8 cm³/mol. The zero-order valence-corrected chi connectivity index (χ0v) is 9.70. The van der Waals surface area contributed by atoms with E-state index in [-0.39, 0.29) is 0 Å². The molecule has 1 saturated heterocycles. The molecule has 3 nitrogen and oxygen atoms in total. The highest BCUT2D eigenvalue weighted by Gasteiger charge is 2.20. The van der Waals surface area contributed by atoms with E-state index >= 15 is 0 Å². The predicted octanol–water partition coefficient (Wildman–Crippen LogP) is 2.14. The Morgan fingerprint density at radius 3 is 2.87 bits per heavy atom. The SMILES string of the molecule is CC(C)=CCN1CCCC(CC(=O)O)C1. The van der Waals surface area contributed by atoms with Crippen LogP contribution in [0.15, 0.2) is 11.6 Å². The molecule has 1 fully saturated rings. The van der Waals surface area contributed by atoms with Crippen LogP contribution in [0.3, 0.4) is 0 Å². The van der Waals surface area contributed by atoms with Crippen molar-refractivity contribution >= 4 is 5.97 Å². The number of carbonyl (C=O) groups is 1. The molecule has 3 heteroatoms. The minimum atomic E-state index is -0.663. The molecule has 1 aliphatic rings. The summed E-state index contributed by atoms with van der Waals surface area (Å²) < 4.78 is 0. The van der Waals surface area contributed by atoms with E-state index in [1.807, 2.05) is 0 Å². The monoisotopic (exact) mass is 211 g/mol. The van der Waals surface area contributed by atoms with Crippen molar-refractivity contribution in [2.75, 3.05) is 19.6 Å². The maximum absolute atomic E-state index is 10.6. The van der Waals surface area contributed by atoms with E-state index in [0.29, 0.717) is 12.3 Å². The Kier molecular flexibility index (Phi) is 4.82. The van der Waals surface area contributed by atoms with Crippen molar-refractivity contribution in [3.63, 3.8) is 0 Å². The Labute approximate surface area is 91.8 Å². The van der Waals surface area contributed by atoms with Crippen LogP contribution in [-0.2, 0) is 4.79 Å². The van der Waals surface area contributed by atoms with Crippen LogP contribution in [-0.4, -0.2) is 35.6 Å². The van der Waals surface area contributed by atoms with Crippen LogP contribution in [0.25, 0.3) is 0 Å². The lowest BCUT2D eigenvalue weighted by Gasteiger charge is -2.31. The Morgan fingerprint density at radius 1 is 1.53 bits per heavy atom. The maximum Gasteiger partial charge on any atom is 0.303 e. The van der Waals surface area contributed by atoms with Crippen LogP contribution in [0.1, 0.15) is 33.1 Å². The molecule has 15 heavy (non-hydrogen) atoms. The third-order valence-electron chi connectivity index (χ3n) is 2.82. The van der Waals surface area contributed by atoms with Crippen LogP contribution in [0.4, 0.5) is 0 Å². The van der Waals surface area contributed by atoms with Gasteiger partial charge in [-0.2, -0.15) is 0 Å². The maximum atomic E-state index is 10.6. The van der Waals surface area contributed by atoms with Gasteiger partial charge in [-0.05, 0) is 39.2 Å². The number of allylic oxidation sites excluding steroid dienone is 1. The molecule has 0 aliphatic carbocycles. The third-order valence-corrected chi connectivity index (χ3v) is 2.82. The minimum absolute atomic E-state index is 0.325. The van der Waals surface area contributed by atoms with Crippen molar-refractivity contribution < 1.29 is 9.90 Å². The van der Waals surface area contributed by atoms with Gasteiger partial charge in [-0.1, -0.05) is 11.6 Å². The zero-order valence-electron chi connectivity index (χ0n) is 9.70. The lowest BCUT2D eigenvalue weighted by molar-refractivity contribution is -0.138. The summed E-state index contributed by atoms with van der Waals surface area (Å²) in [6.45, 7) is 7.21. The molecule has 86 valence electrons. The van der Waals surface area contributed by atoms with Crippen molar-refractivity contribution in [2.45, 2.75) is 33.1 Å². The van der Waals surface area contributed by atoms with E-state index < -0.39 is 5.97 Å². The highest BCUT2D eigenvalue weighted by atomic mass is 16.4. The topological polar surface area (TPSA) is 40.5 Å². The molecule has 1 rings (SSSR count). The van der Waals surface area contributed by atoms with Crippen LogP contribution >= 0.6 is 0 Å². The fourth-order valence-electron chi connectivity index (χ4n) is 2.04. The van der Waals surface area contributed by atoms with Crippen LogP contribution in [0.5, 0.6) is 0 Å². The van der Waals surface area contributed by atoms with Crippen LogP contribution in [0.2, 0.25) is 0 Å². The highest BCUT2D eigenvalue weighted by molar-refractivity contribution is 5.67. The van der Waals surface area contributed by atoms with Gasteiger partial charge in [0.1, 0.15) is 0 Å². The molecule has 0 radical (unpaired) electrons. The number of hydrogen-bond acceptors (Lipinski definition) is 2. The third kappa shape index (κ3) is 4.98. The second kappa shape index (κ2) is 5.91. The quantitative estimate of drug-likeness (QED) is 0.724. The molecule has 0 saturated carbocycles. The molecule has 0 aromatic heterocycles. The molecular formula is C12H21NO2. The largest absolute Gasteiger partial charge is 0.481 e. The normalized spacial score (nSPS) is 22.4. The summed E-state index contributed by atoms with van der Waals surface area (Å²) in [6.07, 6.45) is 4.74. The van der Waals surface area contributed by atoms with Gasteiger partial charge in [0, 0.05) is 19.5 Å².